The average molecular weight is 917 g/mol. The van der Waals surface area contributed by atoms with Gasteiger partial charge < -0.3 is 14.2 Å². The fourth-order valence-electron chi connectivity index (χ4n) is 7.55. The van der Waals surface area contributed by atoms with Crippen LogP contribution < -0.4 is 0 Å². The summed E-state index contributed by atoms with van der Waals surface area (Å²) in [7, 11) is 0. The first-order valence-corrected chi connectivity index (χ1v) is 27.8. The Balaban J connectivity index is 4.33. The van der Waals surface area contributed by atoms with Gasteiger partial charge in [-0.25, -0.2) is 0 Å². The summed E-state index contributed by atoms with van der Waals surface area (Å²) in [4.78, 5) is 25.5. The molecule has 0 spiro atoms. The van der Waals surface area contributed by atoms with E-state index in [0.29, 0.717) is 19.4 Å². The summed E-state index contributed by atoms with van der Waals surface area (Å²) in [6, 6.07) is 0. The predicted octanol–water partition coefficient (Wildman–Crippen LogP) is 19.0. The molecular weight excluding hydrogens is 813 g/mol. The van der Waals surface area contributed by atoms with Crippen molar-refractivity contribution in [3.63, 3.8) is 0 Å². The molecule has 378 valence electrons. The normalized spacial score (nSPS) is 13.0. The van der Waals surface area contributed by atoms with Crippen LogP contribution in [-0.4, -0.2) is 37.9 Å². The molecule has 0 aromatic rings. The summed E-state index contributed by atoms with van der Waals surface area (Å²) in [6.07, 6.45) is 75.6. The lowest BCUT2D eigenvalue weighted by Crippen LogP contribution is -2.30. The van der Waals surface area contributed by atoms with Crippen LogP contribution in [0.25, 0.3) is 0 Å². The first-order valence-electron chi connectivity index (χ1n) is 27.8. The van der Waals surface area contributed by atoms with Crippen LogP contribution in [-0.2, 0) is 23.8 Å². The number of ether oxygens (including phenoxy) is 3. The van der Waals surface area contributed by atoms with Crippen LogP contribution in [0.2, 0.25) is 0 Å². The molecule has 0 aliphatic carbocycles. The highest BCUT2D eigenvalue weighted by Crippen LogP contribution is 2.15. The van der Waals surface area contributed by atoms with Crippen molar-refractivity contribution in [3.05, 3.63) is 97.2 Å². The fourth-order valence-corrected chi connectivity index (χ4v) is 7.55. The number of hydrogen-bond acceptors (Lipinski definition) is 5. The molecule has 0 aliphatic heterocycles. The standard InChI is InChI=1S/C61H104O5/c1-4-7-10-13-16-19-22-25-27-29-30-31-33-35-38-41-44-47-50-53-56-64-57-59(66-61(63)55-52-49-46-43-40-36-24-21-18-15-12-9-6-3)58-65-60(62)54-51-48-45-42-39-37-34-32-28-26-23-20-17-14-11-8-5-2/h7-8,10-11,16-17,19-20,25-28,30-31,35,38,59H,4-6,9,12-15,18,21-24,29,32-34,36-37,39-58H2,1-3H3/b10-7-,11-8-,19-16-,20-17-,27-25-,28-26-,31-30-,38-35-. The summed E-state index contributed by atoms with van der Waals surface area (Å²) < 4.78 is 17.4. The minimum atomic E-state index is -0.557. The van der Waals surface area contributed by atoms with Gasteiger partial charge in [-0.05, 0) is 96.3 Å². The van der Waals surface area contributed by atoms with E-state index >= 15 is 0 Å². The van der Waals surface area contributed by atoms with E-state index < -0.39 is 6.10 Å². The summed E-state index contributed by atoms with van der Waals surface area (Å²) >= 11 is 0. The minimum Gasteiger partial charge on any atom is -0.462 e. The number of allylic oxidation sites excluding steroid dienone is 16. The predicted molar refractivity (Wildman–Crippen MR) is 288 cm³/mol. The molecule has 0 heterocycles. The van der Waals surface area contributed by atoms with Crippen LogP contribution in [0.4, 0.5) is 0 Å². The van der Waals surface area contributed by atoms with Gasteiger partial charge in [-0.3, -0.25) is 9.59 Å². The van der Waals surface area contributed by atoms with Crippen molar-refractivity contribution in [3.8, 4) is 0 Å². The third kappa shape index (κ3) is 53.4. The second kappa shape index (κ2) is 56.1. The van der Waals surface area contributed by atoms with E-state index in [1.54, 1.807) is 0 Å². The number of esters is 2. The van der Waals surface area contributed by atoms with E-state index in [1.165, 1.54) is 109 Å². The Morgan fingerprint density at radius 3 is 1.09 bits per heavy atom. The monoisotopic (exact) mass is 917 g/mol. The molecule has 0 aliphatic rings. The third-order valence-electron chi connectivity index (χ3n) is 11.6. The first kappa shape index (κ1) is 62.8. The van der Waals surface area contributed by atoms with Gasteiger partial charge in [0.15, 0.2) is 6.10 Å². The van der Waals surface area contributed by atoms with Gasteiger partial charge in [-0.15, -0.1) is 0 Å². The van der Waals surface area contributed by atoms with Crippen LogP contribution in [0.3, 0.4) is 0 Å². The van der Waals surface area contributed by atoms with Gasteiger partial charge in [-0.2, -0.15) is 0 Å². The van der Waals surface area contributed by atoms with Crippen molar-refractivity contribution < 1.29 is 23.8 Å². The zero-order valence-corrected chi connectivity index (χ0v) is 43.4. The minimum absolute atomic E-state index is 0.0669. The molecule has 0 saturated heterocycles. The third-order valence-corrected chi connectivity index (χ3v) is 11.6. The molecule has 5 nitrogen and oxygen atoms in total. The van der Waals surface area contributed by atoms with Crippen LogP contribution >= 0.6 is 0 Å². The summed E-state index contributed by atoms with van der Waals surface area (Å²) in [5.74, 6) is -0.420. The molecule has 66 heavy (non-hydrogen) atoms. The van der Waals surface area contributed by atoms with Crippen LogP contribution in [0, 0.1) is 0 Å². The Morgan fingerprint density at radius 2 is 0.682 bits per heavy atom. The van der Waals surface area contributed by atoms with Crippen molar-refractivity contribution >= 4 is 11.9 Å². The second-order valence-corrected chi connectivity index (χ2v) is 18.1. The van der Waals surface area contributed by atoms with E-state index in [9.17, 15) is 9.59 Å². The van der Waals surface area contributed by atoms with Gasteiger partial charge in [-0.1, -0.05) is 240 Å². The number of carbonyl (C=O) groups excluding carboxylic acids is 2. The Bertz CT molecular complexity index is 1270. The first-order chi connectivity index (χ1) is 32.6. The Morgan fingerprint density at radius 1 is 0.348 bits per heavy atom. The Labute approximate surface area is 409 Å². The number of hydrogen-bond donors (Lipinski definition) is 0. The molecule has 0 bridgehead atoms. The highest BCUT2D eigenvalue weighted by Gasteiger charge is 2.17. The molecule has 0 fully saturated rings. The molecule has 0 saturated carbocycles. The SMILES string of the molecule is CC/C=C\C/C=C\C/C=C\C/C=C\C/C=C\CCCCCCOCC(COC(=O)CCCCCCCCC/C=C\C/C=C\C/C=C\CC)OC(=O)CCCCCCCCCCCCCCC. The summed E-state index contributed by atoms with van der Waals surface area (Å²) in [5.41, 5.74) is 0. The topological polar surface area (TPSA) is 61.8 Å². The van der Waals surface area contributed by atoms with E-state index in [1.807, 2.05) is 0 Å². The second-order valence-electron chi connectivity index (χ2n) is 18.1. The van der Waals surface area contributed by atoms with Gasteiger partial charge >= 0.3 is 11.9 Å². The molecular formula is C61H104O5. The molecule has 0 aromatic carbocycles. The highest BCUT2D eigenvalue weighted by molar-refractivity contribution is 5.70. The fraction of sp³-hybridized carbons (Fsp3) is 0.705. The largest absolute Gasteiger partial charge is 0.462 e. The maximum atomic E-state index is 12.8. The molecule has 0 radical (unpaired) electrons. The molecule has 0 N–H and O–H groups in total. The van der Waals surface area contributed by atoms with E-state index in [0.717, 1.165) is 109 Å². The van der Waals surface area contributed by atoms with E-state index in [2.05, 4.69) is 118 Å². The van der Waals surface area contributed by atoms with Gasteiger partial charge in [0.05, 0.1) is 6.61 Å². The van der Waals surface area contributed by atoms with Crippen molar-refractivity contribution in [2.45, 2.75) is 258 Å². The summed E-state index contributed by atoms with van der Waals surface area (Å²) in [5, 5.41) is 0. The van der Waals surface area contributed by atoms with Crippen LogP contribution in [0.15, 0.2) is 97.2 Å². The van der Waals surface area contributed by atoms with Crippen molar-refractivity contribution in [1.29, 1.82) is 0 Å². The van der Waals surface area contributed by atoms with Crippen LogP contribution in [0.1, 0.15) is 252 Å². The van der Waals surface area contributed by atoms with Crippen molar-refractivity contribution in [1.82, 2.24) is 0 Å². The lowest BCUT2D eigenvalue weighted by atomic mass is 10.0. The maximum absolute atomic E-state index is 12.8. The molecule has 1 unspecified atom stereocenters. The maximum Gasteiger partial charge on any atom is 0.306 e. The zero-order chi connectivity index (χ0) is 47.7. The molecule has 1 atom stereocenters. The van der Waals surface area contributed by atoms with Gasteiger partial charge in [0.1, 0.15) is 6.61 Å². The van der Waals surface area contributed by atoms with Crippen molar-refractivity contribution in [2.75, 3.05) is 19.8 Å². The lowest BCUT2D eigenvalue weighted by Gasteiger charge is -2.18. The average Bonchev–Trinajstić information content (AvgIpc) is 3.32. The highest BCUT2D eigenvalue weighted by atomic mass is 16.6. The molecule has 0 rings (SSSR count). The zero-order valence-electron chi connectivity index (χ0n) is 43.4. The Hall–Kier alpha value is -3.18. The number of unbranched alkanes of at least 4 members (excludes halogenated alkanes) is 23. The number of carbonyl (C=O) groups is 2. The van der Waals surface area contributed by atoms with Crippen LogP contribution in [0.5, 0.6) is 0 Å². The summed E-state index contributed by atoms with van der Waals surface area (Å²) in [6.45, 7) is 7.55. The smallest absolute Gasteiger partial charge is 0.306 e. The van der Waals surface area contributed by atoms with Gasteiger partial charge in [0, 0.05) is 19.4 Å². The van der Waals surface area contributed by atoms with E-state index in [-0.39, 0.29) is 25.2 Å². The van der Waals surface area contributed by atoms with Gasteiger partial charge in [0.25, 0.3) is 0 Å². The number of rotatable bonds is 50. The van der Waals surface area contributed by atoms with Gasteiger partial charge in [0.2, 0.25) is 0 Å². The Kier molecular flexibility index (Phi) is 53.4. The molecule has 5 heteroatoms. The molecule has 0 aromatic heterocycles. The molecule has 0 amide bonds. The van der Waals surface area contributed by atoms with Crippen molar-refractivity contribution in [2.24, 2.45) is 0 Å². The lowest BCUT2D eigenvalue weighted by molar-refractivity contribution is -0.163. The van der Waals surface area contributed by atoms with E-state index in [4.69, 9.17) is 14.2 Å². The quantitative estimate of drug-likeness (QED) is 0.0346.